The normalized spacial score (nSPS) is 40.1. The molecule has 2 N–H and O–H groups in total. The predicted molar refractivity (Wildman–Crippen MR) is 48.7 cm³/mol. The molecule has 11 heavy (non-hydrogen) atoms. The smallest absolute Gasteiger partial charge is 0.00821 e. The molecule has 2 nitrogen and oxygen atoms in total. The van der Waals surface area contributed by atoms with Gasteiger partial charge in [0, 0.05) is 25.2 Å². The van der Waals surface area contributed by atoms with Crippen LogP contribution in [0, 0.1) is 5.92 Å². The van der Waals surface area contributed by atoms with Gasteiger partial charge >= 0.3 is 0 Å². The summed E-state index contributed by atoms with van der Waals surface area (Å²) in [5.41, 5.74) is 0. The van der Waals surface area contributed by atoms with Gasteiger partial charge in [-0.25, -0.2) is 0 Å². The third-order valence-electron chi connectivity index (χ3n) is 2.81. The lowest BCUT2D eigenvalue weighted by Gasteiger charge is -2.25. The fraction of sp³-hybridized carbons (Fsp3) is 1.00. The van der Waals surface area contributed by atoms with Crippen LogP contribution in [-0.2, 0) is 0 Å². The van der Waals surface area contributed by atoms with Crippen molar-refractivity contribution < 1.29 is 0 Å². The second-order valence-electron chi connectivity index (χ2n) is 3.56. The first-order valence-corrected chi connectivity index (χ1v) is 4.72. The van der Waals surface area contributed by atoms with Gasteiger partial charge in [0.15, 0.2) is 0 Å². The van der Waals surface area contributed by atoms with Crippen molar-refractivity contribution in [2.45, 2.75) is 39.3 Å². The number of hydrogen-bond acceptors (Lipinski definition) is 2. The van der Waals surface area contributed by atoms with Gasteiger partial charge in [-0.05, 0) is 19.8 Å². The topological polar surface area (TPSA) is 24.1 Å². The zero-order valence-corrected chi connectivity index (χ0v) is 7.85. The minimum Gasteiger partial charge on any atom is -0.313 e. The van der Waals surface area contributed by atoms with E-state index in [9.17, 15) is 0 Å². The van der Waals surface area contributed by atoms with Crippen LogP contribution in [0.4, 0.5) is 0 Å². The van der Waals surface area contributed by atoms with Crippen molar-refractivity contribution in [2.24, 2.45) is 5.92 Å². The Bertz CT molecular complexity index is 102. The summed E-state index contributed by atoms with van der Waals surface area (Å²) in [4.78, 5) is 0. The maximum atomic E-state index is 3.51. The average molecular weight is 156 g/mol. The van der Waals surface area contributed by atoms with Crippen molar-refractivity contribution in [2.75, 3.05) is 13.1 Å². The van der Waals surface area contributed by atoms with Crippen LogP contribution >= 0.6 is 0 Å². The maximum absolute atomic E-state index is 3.51. The SMILES string of the molecule is CCC1C(C)NCCNC1C. The lowest BCUT2D eigenvalue weighted by atomic mass is 9.92. The van der Waals surface area contributed by atoms with E-state index in [1.807, 2.05) is 0 Å². The number of hydrogen-bond donors (Lipinski definition) is 2. The van der Waals surface area contributed by atoms with Gasteiger partial charge < -0.3 is 10.6 Å². The molecule has 0 aromatic carbocycles. The summed E-state index contributed by atoms with van der Waals surface area (Å²) in [5.74, 6) is 0.789. The fourth-order valence-corrected chi connectivity index (χ4v) is 2.04. The summed E-state index contributed by atoms with van der Waals surface area (Å²) in [6, 6.07) is 1.34. The lowest BCUT2D eigenvalue weighted by molar-refractivity contribution is 0.324. The molecular formula is C9H20N2. The minimum absolute atomic E-state index is 0.671. The Morgan fingerprint density at radius 2 is 1.55 bits per heavy atom. The Kier molecular flexibility index (Phi) is 3.34. The molecule has 2 unspecified atom stereocenters. The van der Waals surface area contributed by atoms with E-state index in [0.29, 0.717) is 12.1 Å². The van der Waals surface area contributed by atoms with E-state index >= 15 is 0 Å². The molecule has 0 amide bonds. The summed E-state index contributed by atoms with van der Waals surface area (Å²) < 4.78 is 0. The standard InChI is InChI=1S/C9H20N2/c1-4-9-7(2)10-5-6-11-8(9)3/h7-11H,4-6H2,1-3H3. The third-order valence-corrected chi connectivity index (χ3v) is 2.81. The van der Waals surface area contributed by atoms with E-state index in [0.717, 1.165) is 19.0 Å². The largest absolute Gasteiger partial charge is 0.313 e. The molecule has 0 aromatic heterocycles. The van der Waals surface area contributed by atoms with E-state index in [4.69, 9.17) is 0 Å². The van der Waals surface area contributed by atoms with Crippen molar-refractivity contribution in [1.29, 1.82) is 0 Å². The van der Waals surface area contributed by atoms with Gasteiger partial charge in [0.25, 0.3) is 0 Å². The highest BCUT2D eigenvalue weighted by Crippen LogP contribution is 2.14. The van der Waals surface area contributed by atoms with Crippen LogP contribution in [-0.4, -0.2) is 25.2 Å². The molecule has 0 aliphatic carbocycles. The van der Waals surface area contributed by atoms with Gasteiger partial charge in [-0.1, -0.05) is 13.3 Å². The molecule has 0 saturated carbocycles. The highest BCUT2D eigenvalue weighted by atomic mass is 15.0. The molecule has 0 radical (unpaired) electrons. The first-order valence-electron chi connectivity index (χ1n) is 4.72. The second kappa shape index (κ2) is 4.07. The molecule has 0 aromatic rings. The molecule has 1 aliphatic heterocycles. The molecule has 1 aliphatic rings. The van der Waals surface area contributed by atoms with Gasteiger partial charge in [0.05, 0.1) is 0 Å². The highest BCUT2D eigenvalue weighted by Gasteiger charge is 2.23. The van der Waals surface area contributed by atoms with Gasteiger partial charge in [-0.2, -0.15) is 0 Å². The van der Waals surface area contributed by atoms with Crippen molar-refractivity contribution in [3.8, 4) is 0 Å². The van der Waals surface area contributed by atoms with Crippen molar-refractivity contribution >= 4 is 0 Å². The lowest BCUT2D eigenvalue weighted by Crippen LogP contribution is -2.38. The summed E-state index contributed by atoms with van der Waals surface area (Å²) in [7, 11) is 0. The van der Waals surface area contributed by atoms with E-state index in [1.54, 1.807) is 0 Å². The summed E-state index contributed by atoms with van der Waals surface area (Å²) in [6.45, 7) is 9.08. The van der Waals surface area contributed by atoms with Crippen LogP contribution in [0.5, 0.6) is 0 Å². The Morgan fingerprint density at radius 1 is 1.09 bits per heavy atom. The summed E-state index contributed by atoms with van der Waals surface area (Å²) in [6.07, 6.45) is 1.27. The van der Waals surface area contributed by atoms with E-state index in [1.165, 1.54) is 6.42 Å². The first kappa shape index (κ1) is 9.01. The molecule has 2 heteroatoms. The van der Waals surface area contributed by atoms with Gasteiger partial charge in [-0.15, -0.1) is 0 Å². The quantitative estimate of drug-likeness (QED) is 0.591. The summed E-state index contributed by atoms with van der Waals surface area (Å²) in [5, 5.41) is 7.03. The third kappa shape index (κ3) is 2.17. The molecule has 1 heterocycles. The molecule has 66 valence electrons. The summed E-state index contributed by atoms with van der Waals surface area (Å²) >= 11 is 0. The van der Waals surface area contributed by atoms with E-state index < -0.39 is 0 Å². The van der Waals surface area contributed by atoms with Crippen LogP contribution < -0.4 is 10.6 Å². The van der Waals surface area contributed by atoms with Gasteiger partial charge in [-0.3, -0.25) is 0 Å². The highest BCUT2D eigenvalue weighted by molar-refractivity contribution is 4.83. The molecule has 2 atom stereocenters. The number of nitrogens with one attached hydrogen (secondary N) is 2. The molecular weight excluding hydrogens is 136 g/mol. The van der Waals surface area contributed by atoms with Crippen LogP contribution in [0.3, 0.4) is 0 Å². The second-order valence-corrected chi connectivity index (χ2v) is 3.56. The molecule has 1 saturated heterocycles. The van der Waals surface area contributed by atoms with Crippen LogP contribution in [0.15, 0.2) is 0 Å². The Hall–Kier alpha value is -0.0800. The Balaban J connectivity index is 2.51. The van der Waals surface area contributed by atoms with Crippen molar-refractivity contribution in [1.82, 2.24) is 10.6 Å². The van der Waals surface area contributed by atoms with Crippen LogP contribution in [0.25, 0.3) is 0 Å². The fourth-order valence-electron chi connectivity index (χ4n) is 2.04. The monoisotopic (exact) mass is 156 g/mol. The predicted octanol–water partition coefficient (Wildman–Crippen LogP) is 0.982. The molecule has 1 rings (SSSR count). The van der Waals surface area contributed by atoms with E-state index in [-0.39, 0.29) is 0 Å². The minimum atomic E-state index is 0.671. The maximum Gasteiger partial charge on any atom is 0.00821 e. The molecule has 1 fully saturated rings. The molecule has 0 bridgehead atoms. The number of rotatable bonds is 1. The van der Waals surface area contributed by atoms with E-state index in [2.05, 4.69) is 31.4 Å². The van der Waals surface area contributed by atoms with Crippen molar-refractivity contribution in [3.63, 3.8) is 0 Å². The molecule has 0 spiro atoms. The zero-order valence-electron chi connectivity index (χ0n) is 7.85. The zero-order chi connectivity index (χ0) is 8.27. The Labute approximate surface area is 69.8 Å². The van der Waals surface area contributed by atoms with Crippen molar-refractivity contribution in [3.05, 3.63) is 0 Å². The van der Waals surface area contributed by atoms with Crippen LogP contribution in [0.1, 0.15) is 27.2 Å². The average Bonchev–Trinajstić information content (AvgIpc) is 2.12. The van der Waals surface area contributed by atoms with Gasteiger partial charge in [0.2, 0.25) is 0 Å². The van der Waals surface area contributed by atoms with Gasteiger partial charge in [0.1, 0.15) is 0 Å². The Morgan fingerprint density at radius 3 is 1.91 bits per heavy atom. The first-order chi connectivity index (χ1) is 5.25. The van der Waals surface area contributed by atoms with Crippen LogP contribution in [0.2, 0.25) is 0 Å².